The smallest absolute Gasteiger partial charge is 0.145 e. The number of benzene rings is 1. The highest BCUT2D eigenvalue weighted by atomic mass is 16.5. The summed E-state index contributed by atoms with van der Waals surface area (Å²) in [6, 6.07) is 9.93. The van der Waals surface area contributed by atoms with E-state index in [1.54, 1.807) is 0 Å². The van der Waals surface area contributed by atoms with E-state index in [4.69, 9.17) is 4.74 Å². The fourth-order valence-corrected chi connectivity index (χ4v) is 1.56. The first-order valence-corrected chi connectivity index (χ1v) is 4.72. The molecule has 1 atom stereocenters. The zero-order valence-electron chi connectivity index (χ0n) is 7.85. The molecule has 2 rings (SSSR count). The maximum atomic E-state index is 10.6. The molecule has 14 heavy (non-hydrogen) atoms. The van der Waals surface area contributed by atoms with Crippen LogP contribution < -0.4 is 0 Å². The van der Waals surface area contributed by atoms with Gasteiger partial charge in [0.25, 0.3) is 0 Å². The molecule has 0 aliphatic carbocycles. The largest absolute Gasteiger partial charge is 0.369 e. The highest BCUT2D eigenvalue weighted by molar-refractivity contribution is 5.73. The molecule has 0 spiro atoms. The Bertz CT molecular complexity index is 341. The Morgan fingerprint density at radius 2 is 2.07 bits per heavy atom. The topological polar surface area (TPSA) is 26.3 Å². The van der Waals surface area contributed by atoms with E-state index < -0.39 is 0 Å². The van der Waals surface area contributed by atoms with E-state index in [9.17, 15) is 4.79 Å². The van der Waals surface area contributed by atoms with E-state index in [-0.39, 0.29) is 6.10 Å². The molecule has 0 amide bonds. The van der Waals surface area contributed by atoms with E-state index in [0.29, 0.717) is 6.61 Å². The summed E-state index contributed by atoms with van der Waals surface area (Å²) in [5.41, 5.74) is 1.94. The lowest BCUT2D eigenvalue weighted by atomic mass is 10.0. The van der Waals surface area contributed by atoms with Crippen LogP contribution in [0.3, 0.4) is 0 Å². The van der Waals surface area contributed by atoms with Crippen LogP contribution in [-0.2, 0) is 9.53 Å². The average Bonchev–Trinajstić information content (AvgIpc) is 2.30. The molecule has 2 heteroatoms. The van der Waals surface area contributed by atoms with Crippen LogP contribution in [0.1, 0.15) is 18.1 Å². The second-order valence-electron chi connectivity index (χ2n) is 3.31. The third kappa shape index (κ3) is 1.91. The molecule has 0 saturated heterocycles. The third-order valence-corrected chi connectivity index (χ3v) is 2.33. The molecule has 1 heterocycles. The van der Waals surface area contributed by atoms with Crippen molar-refractivity contribution in [3.05, 3.63) is 47.5 Å². The molecule has 0 unspecified atom stereocenters. The average molecular weight is 188 g/mol. The summed E-state index contributed by atoms with van der Waals surface area (Å²) in [6.07, 6.45) is 3.49. The standard InChI is InChI=1S/C12H12O2/c13-9-10-6-7-14-12(8-10)11-4-2-1-3-5-11/h1-5,8-9,12H,6-7H2/t12-/m0/s1. The summed E-state index contributed by atoms with van der Waals surface area (Å²) in [4.78, 5) is 10.6. The minimum absolute atomic E-state index is 0.0508. The summed E-state index contributed by atoms with van der Waals surface area (Å²) in [5.74, 6) is 0. The Morgan fingerprint density at radius 3 is 2.79 bits per heavy atom. The summed E-state index contributed by atoms with van der Waals surface area (Å²) in [5, 5.41) is 0. The number of aldehydes is 1. The van der Waals surface area contributed by atoms with E-state index in [2.05, 4.69) is 0 Å². The lowest BCUT2D eigenvalue weighted by Crippen LogP contribution is -2.10. The van der Waals surface area contributed by atoms with Crippen LogP contribution in [0.15, 0.2) is 42.0 Å². The van der Waals surface area contributed by atoms with Crippen molar-refractivity contribution in [1.29, 1.82) is 0 Å². The fraction of sp³-hybridized carbons (Fsp3) is 0.250. The van der Waals surface area contributed by atoms with Gasteiger partial charge < -0.3 is 4.74 Å². The van der Waals surface area contributed by atoms with Gasteiger partial charge in [0.2, 0.25) is 0 Å². The van der Waals surface area contributed by atoms with Crippen LogP contribution >= 0.6 is 0 Å². The van der Waals surface area contributed by atoms with Gasteiger partial charge in [0.15, 0.2) is 0 Å². The Morgan fingerprint density at radius 1 is 1.29 bits per heavy atom. The third-order valence-electron chi connectivity index (χ3n) is 2.33. The maximum absolute atomic E-state index is 10.6. The van der Waals surface area contributed by atoms with Crippen molar-refractivity contribution in [2.75, 3.05) is 6.61 Å². The molecule has 1 aliphatic heterocycles. The van der Waals surface area contributed by atoms with Gasteiger partial charge in [-0.25, -0.2) is 0 Å². The van der Waals surface area contributed by atoms with Crippen molar-refractivity contribution in [3.63, 3.8) is 0 Å². The van der Waals surface area contributed by atoms with E-state index in [0.717, 1.165) is 23.8 Å². The van der Waals surface area contributed by atoms with E-state index in [1.165, 1.54) is 0 Å². The predicted octanol–water partition coefficient (Wildman–Crippen LogP) is 2.27. The number of carbonyl (C=O) groups is 1. The van der Waals surface area contributed by atoms with Crippen LogP contribution in [0.5, 0.6) is 0 Å². The fourth-order valence-electron chi connectivity index (χ4n) is 1.56. The molecule has 0 radical (unpaired) electrons. The first-order chi connectivity index (χ1) is 6.90. The summed E-state index contributed by atoms with van der Waals surface area (Å²) in [6.45, 7) is 0.629. The lowest BCUT2D eigenvalue weighted by molar-refractivity contribution is -0.105. The zero-order valence-corrected chi connectivity index (χ0v) is 7.85. The van der Waals surface area contributed by atoms with E-state index in [1.807, 2.05) is 36.4 Å². The van der Waals surface area contributed by atoms with Crippen LogP contribution in [0.2, 0.25) is 0 Å². The van der Waals surface area contributed by atoms with Crippen molar-refractivity contribution in [2.45, 2.75) is 12.5 Å². The monoisotopic (exact) mass is 188 g/mol. The molecule has 72 valence electrons. The van der Waals surface area contributed by atoms with Gasteiger partial charge >= 0.3 is 0 Å². The number of ether oxygens (including phenoxy) is 1. The van der Waals surface area contributed by atoms with Crippen molar-refractivity contribution >= 4 is 6.29 Å². The van der Waals surface area contributed by atoms with Crippen molar-refractivity contribution in [2.24, 2.45) is 0 Å². The van der Waals surface area contributed by atoms with Gasteiger partial charge in [0.1, 0.15) is 12.4 Å². The second-order valence-corrected chi connectivity index (χ2v) is 3.31. The molecule has 0 saturated carbocycles. The molecule has 0 N–H and O–H groups in total. The minimum atomic E-state index is -0.0508. The minimum Gasteiger partial charge on any atom is -0.369 e. The van der Waals surface area contributed by atoms with Crippen molar-refractivity contribution in [1.82, 2.24) is 0 Å². The number of carbonyl (C=O) groups excluding carboxylic acids is 1. The zero-order chi connectivity index (χ0) is 9.80. The Kier molecular flexibility index (Phi) is 2.75. The second kappa shape index (κ2) is 4.20. The van der Waals surface area contributed by atoms with Crippen LogP contribution in [-0.4, -0.2) is 12.9 Å². The molecule has 1 aromatic rings. The number of hydrogen-bond acceptors (Lipinski definition) is 2. The summed E-state index contributed by atoms with van der Waals surface area (Å²) in [7, 11) is 0. The molecular formula is C12H12O2. The molecule has 0 fully saturated rings. The lowest BCUT2D eigenvalue weighted by Gasteiger charge is -2.19. The summed E-state index contributed by atoms with van der Waals surface area (Å²) >= 11 is 0. The van der Waals surface area contributed by atoms with Crippen molar-refractivity contribution < 1.29 is 9.53 Å². The van der Waals surface area contributed by atoms with Gasteiger partial charge in [0.05, 0.1) is 6.61 Å². The van der Waals surface area contributed by atoms with Gasteiger partial charge in [-0.1, -0.05) is 30.3 Å². The Hall–Kier alpha value is -1.41. The van der Waals surface area contributed by atoms with Crippen LogP contribution in [0.4, 0.5) is 0 Å². The highest BCUT2D eigenvalue weighted by Crippen LogP contribution is 2.24. The number of rotatable bonds is 2. The van der Waals surface area contributed by atoms with Gasteiger partial charge in [-0.15, -0.1) is 0 Å². The molecule has 1 aliphatic rings. The SMILES string of the molecule is O=CC1=C[C@@H](c2ccccc2)OCC1. The molecule has 0 bridgehead atoms. The van der Waals surface area contributed by atoms with Gasteiger partial charge in [-0.05, 0) is 23.6 Å². The van der Waals surface area contributed by atoms with Crippen LogP contribution in [0, 0.1) is 0 Å². The first-order valence-electron chi connectivity index (χ1n) is 4.72. The Balaban J connectivity index is 2.23. The first kappa shape index (κ1) is 9.16. The van der Waals surface area contributed by atoms with E-state index >= 15 is 0 Å². The normalized spacial score (nSPS) is 21.4. The predicted molar refractivity (Wildman–Crippen MR) is 53.9 cm³/mol. The maximum Gasteiger partial charge on any atom is 0.145 e. The quantitative estimate of drug-likeness (QED) is 0.665. The highest BCUT2D eigenvalue weighted by Gasteiger charge is 2.14. The van der Waals surface area contributed by atoms with Gasteiger partial charge in [0, 0.05) is 0 Å². The molecule has 2 nitrogen and oxygen atoms in total. The Labute approximate surface area is 83.2 Å². The summed E-state index contributed by atoms with van der Waals surface area (Å²) < 4.78 is 5.56. The van der Waals surface area contributed by atoms with Gasteiger partial charge in [-0.3, -0.25) is 4.79 Å². The number of hydrogen-bond donors (Lipinski definition) is 0. The molecular weight excluding hydrogens is 176 g/mol. The molecule has 0 aromatic heterocycles. The molecule has 1 aromatic carbocycles. The van der Waals surface area contributed by atoms with Gasteiger partial charge in [-0.2, -0.15) is 0 Å². The van der Waals surface area contributed by atoms with Crippen LogP contribution in [0.25, 0.3) is 0 Å². The van der Waals surface area contributed by atoms with Crippen molar-refractivity contribution in [3.8, 4) is 0 Å².